The van der Waals surface area contributed by atoms with E-state index in [2.05, 4.69) is 35.7 Å². The van der Waals surface area contributed by atoms with E-state index in [1.54, 1.807) is 30.5 Å². The fourth-order valence-corrected chi connectivity index (χ4v) is 3.88. The zero-order valence-electron chi connectivity index (χ0n) is 21.0. The Hall–Kier alpha value is -4.42. The maximum Gasteiger partial charge on any atom is 0.490 e. The molecule has 2 aliphatic heterocycles. The van der Waals surface area contributed by atoms with Gasteiger partial charge in [-0.05, 0) is 35.2 Å². The molecule has 9 nitrogen and oxygen atoms in total. The molecule has 2 aliphatic rings. The van der Waals surface area contributed by atoms with Crippen molar-refractivity contribution in [1.29, 1.82) is 0 Å². The first-order valence-corrected chi connectivity index (χ1v) is 11.5. The number of aliphatic imine (C=N–C) groups is 1. The van der Waals surface area contributed by atoms with Crippen LogP contribution in [-0.4, -0.2) is 46.5 Å². The Morgan fingerprint density at radius 1 is 1.13 bits per heavy atom. The SMILES string of the molecule is CC(C)(C)COc1cc2c(cn1)Oc1ccc(-c3cccnc3F)cc1C21COC(N)=N1.O=C(O)C(F)(F)F. The molecule has 39 heavy (non-hydrogen) atoms. The van der Waals surface area contributed by atoms with Crippen LogP contribution in [0.3, 0.4) is 0 Å². The van der Waals surface area contributed by atoms with Gasteiger partial charge in [0.25, 0.3) is 6.02 Å². The summed E-state index contributed by atoms with van der Waals surface area (Å²) in [5, 5.41) is 7.12. The predicted octanol–water partition coefficient (Wildman–Crippen LogP) is 5.04. The minimum atomic E-state index is -5.08. The molecule has 0 saturated carbocycles. The molecule has 0 aliphatic carbocycles. The Morgan fingerprint density at radius 2 is 1.82 bits per heavy atom. The number of halogens is 4. The number of aliphatic carboxylic acids is 1. The number of nitrogens with two attached hydrogens (primary N) is 1. The number of fused-ring (bicyclic) bond motifs is 4. The number of pyridine rings is 2. The second-order valence-electron chi connectivity index (χ2n) is 9.92. The summed E-state index contributed by atoms with van der Waals surface area (Å²) in [6.45, 7) is 6.93. The van der Waals surface area contributed by atoms with Crippen molar-refractivity contribution in [2.24, 2.45) is 16.1 Å². The van der Waals surface area contributed by atoms with Gasteiger partial charge >= 0.3 is 12.1 Å². The highest BCUT2D eigenvalue weighted by atomic mass is 19.4. The third kappa shape index (κ3) is 5.86. The van der Waals surface area contributed by atoms with E-state index in [1.807, 2.05) is 12.1 Å². The van der Waals surface area contributed by atoms with Crippen LogP contribution in [0.25, 0.3) is 11.1 Å². The lowest BCUT2D eigenvalue weighted by atomic mass is 9.81. The van der Waals surface area contributed by atoms with Crippen molar-refractivity contribution in [3.05, 3.63) is 65.9 Å². The van der Waals surface area contributed by atoms with Crippen LogP contribution in [-0.2, 0) is 15.1 Å². The van der Waals surface area contributed by atoms with E-state index in [0.717, 1.165) is 11.1 Å². The third-order valence-corrected chi connectivity index (χ3v) is 5.63. The zero-order valence-corrected chi connectivity index (χ0v) is 21.0. The highest BCUT2D eigenvalue weighted by Gasteiger charge is 2.47. The Bertz CT molecular complexity index is 1440. The first-order chi connectivity index (χ1) is 18.2. The molecule has 3 aromatic rings. The fourth-order valence-electron chi connectivity index (χ4n) is 3.88. The van der Waals surface area contributed by atoms with Gasteiger partial charge < -0.3 is 25.1 Å². The smallest absolute Gasteiger partial charge is 0.477 e. The standard InChI is InChI=1S/C24H23FN4O3.C2HF3O2/c1-23(2,3)12-30-20-10-17-19(11-28-20)32-18-7-6-14(15-5-4-8-27-21(15)25)9-16(18)24(17)13-31-22(26)29-24;3-2(4,5)1(6)7/h4-11H,12-13H2,1-3H3,(H2,26,29);(H,6,7). The lowest BCUT2D eigenvalue weighted by Crippen LogP contribution is -2.31. The molecule has 4 heterocycles. The minimum Gasteiger partial charge on any atom is -0.477 e. The summed E-state index contributed by atoms with van der Waals surface area (Å²) in [5.41, 5.74) is 7.46. The number of amidine groups is 1. The van der Waals surface area contributed by atoms with Gasteiger partial charge in [0.1, 0.15) is 12.4 Å². The summed E-state index contributed by atoms with van der Waals surface area (Å²) in [6, 6.07) is 10.7. The maximum atomic E-state index is 14.4. The summed E-state index contributed by atoms with van der Waals surface area (Å²) in [5.74, 6) is -1.72. The van der Waals surface area contributed by atoms with Crippen molar-refractivity contribution < 1.29 is 41.7 Å². The molecule has 13 heteroatoms. The van der Waals surface area contributed by atoms with E-state index in [9.17, 15) is 17.6 Å². The molecular formula is C26H24F4N4O5. The normalized spacial score (nSPS) is 17.6. The maximum absolute atomic E-state index is 14.4. The molecule has 1 atom stereocenters. The van der Waals surface area contributed by atoms with Gasteiger partial charge in [0, 0.05) is 29.0 Å². The quantitative estimate of drug-likeness (QED) is 0.344. The molecule has 0 amide bonds. The van der Waals surface area contributed by atoms with Crippen molar-refractivity contribution in [1.82, 2.24) is 9.97 Å². The highest BCUT2D eigenvalue weighted by Crippen LogP contribution is 2.52. The van der Waals surface area contributed by atoms with Gasteiger partial charge in [0.2, 0.25) is 11.8 Å². The number of hydrogen-bond acceptors (Lipinski definition) is 8. The van der Waals surface area contributed by atoms with E-state index in [0.29, 0.717) is 35.1 Å². The largest absolute Gasteiger partial charge is 0.490 e. The van der Waals surface area contributed by atoms with Gasteiger partial charge in [-0.25, -0.2) is 19.8 Å². The van der Waals surface area contributed by atoms with Gasteiger partial charge in [-0.2, -0.15) is 17.6 Å². The Labute approximate surface area is 220 Å². The molecule has 3 N–H and O–H groups in total. The van der Waals surface area contributed by atoms with Crippen molar-refractivity contribution in [3.8, 4) is 28.5 Å². The highest BCUT2D eigenvalue weighted by molar-refractivity contribution is 5.78. The topological polar surface area (TPSA) is 129 Å². The zero-order chi connectivity index (χ0) is 28.6. The molecule has 0 saturated heterocycles. The number of carboxylic acid groups (broad SMARTS) is 1. The Balaban J connectivity index is 0.000000448. The number of alkyl halides is 3. The molecule has 5 rings (SSSR count). The van der Waals surface area contributed by atoms with Crippen LogP contribution in [0.1, 0.15) is 31.9 Å². The first-order valence-electron chi connectivity index (χ1n) is 11.5. The number of rotatable bonds is 3. The number of aromatic nitrogens is 2. The van der Waals surface area contributed by atoms with Crippen molar-refractivity contribution >= 4 is 12.0 Å². The fraction of sp³-hybridized carbons (Fsp3) is 0.308. The van der Waals surface area contributed by atoms with Gasteiger partial charge in [-0.15, -0.1) is 0 Å². The van der Waals surface area contributed by atoms with Gasteiger partial charge in [0.15, 0.2) is 11.3 Å². The second kappa shape index (κ2) is 10.0. The summed E-state index contributed by atoms with van der Waals surface area (Å²) in [4.78, 5) is 21.7. The summed E-state index contributed by atoms with van der Waals surface area (Å²) >= 11 is 0. The number of carbonyl (C=O) groups is 1. The second-order valence-corrected chi connectivity index (χ2v) is 9.92. The lowest BCUT2D eigenvalue weighted by molar-refractivity contribution is -0.192. The average molecular weight is 548 g/mol. The first kappa shape index (κ1) is 27.6. The van der Waals surface area contributed by atoms with Crippen LogP contribution in [0.2, 0.25) is 0 Å². The molecule has 1 spiro atoms. The van der Waals surface area contributed by atoms with Gasteiger partial charge in [-0.3, -0.25) is 0 Å². The number of carboxylic acids is 1. The molecule has 0 radical (unpaired) electrons. The number of hydrogen-bond donors (Lipinski definition) is 2. The number of nitrogens with zero attached hydrogens (tertiary/aromatic N) is 3. The third-order valence-electron chi connectivity index (χ3n) is 5.63. The van der Waals surface area contributed by atoms with Crippen molar-refractivity contribution in [3.63, 3.8) is 0 Å². The molecule has 0 fully saturated rings. The predicted molar refractivity (Wildman–Crippen MR) is 131 cm³/mol. The summed E-state index contributed by atoms with van der Waals surface area (Å²) in [7, 11) is 0. The van der Waals surface area contributed by atoms with E-state index < -0.39 is 23.6 Å². The Morgan fingerprint density at radius 3 is 2.41 bits per heavy atom. The average Bonchev–Trinajstić information content (AvgIpc) is 3.25. The molecule has 1 aromatic carbocycles. The molecule has 2 aromatic heterocycles. The van der Waals surface area contributed by atoms with Crippen LogP contribution < -0.4 is 15.2 Å². The van der Waals surface area contributed by atoms with Gasteiger partial charge in [-0.1, -0.05) is 26.8 Å². The summed E-state index contributed by atoms with van der Waals surface area (Å²) < 4.78 is 63.8. The monoisotopic (exact) mass is 548 g/mol. The van der Waals surface area contributed by atoms with E-state index in [-0.39, 0.29) is 18.0 Å². The molecule has 0 bridgehead atoms. The molecule has 206 valence electrons. The Kier molecular flexibility index (Phi) is 7.11. The van der Waals surface area contributed by atoms with Crippen molar-refractivity contribution in [2.45, 2.75) is 32.5 Å². The molecule has 1 unspecified atom stereocenters. The number of ether oxygens (including phenoxy) is 3. The van der Waals surface area contributed by atoms with Crippen molar-refractivity contribution in [2.75, 3.05) is 13.2 Å². The minimum absolute atomic E-state index is 0.0277. The van der Waals surface area contributed by atoms with Crippen LogP contribution in [0.4, 0.5) is 17.6 Å². The lowest BCUT2D eigenvalue weighted by Gasteiger charge is -2.33. The molecular weight excluding hydrogens is 524 g/mol. The van der Waals surface area contributed by atoms with Crippen LogP contribution >= 0.6 is 0 Å². The van der Waals surface area contributed by atoms with Crippen LogP contribution in [0.15, 0.2) is 53.8 Å². The van der Waals surface area contributed by atoms with Crippen LogP contribution in [0.5, 0.6) is 17.4 Å². The van der Waals surface area contributed by atoms with E-state index in [4.69, 9.17) is 29.8 Å². The number of benzene rings is 1. The van der Waals surface area contributed by atoms with E-state index >= 15 is 0 Å². The van der Waals surface area contributed by atoms with E-state index in [1.165, 1.54) is 6.20 Å². The van der Waals surface area contributed by atoms with Gasteiger partial charge in [0.05, 0.1) is 12.8 Å². The van der Waals surface area contributed by atoms with Crippen LogP contribution in [0, 0.1) is 11.4 Å². The summed E-state index contributed by atoms with van der Waals surface area (Å²) in [6.07, 6.45) is -2.04.